The van der Waals surface area contributed by atoms with E-state index in [0.717, 1.165) is 27.3 Å². The molecule has 4 rings (SSSR count). The van der Waals surface area contributed by atoms with Gasteiger partial charge >= 0.3 is 0 Å². The third-order valence-corrected chi connectivity index (χ3v) is 6.51. The number of benzene rings is 2. The lowest BCUT2D eigenvalue weighted by Gasteiger charge is -2.14. The summed E-state index contributed by atoms with van der Waals surface area (Å²) >= 11 is 0. The average molecular weight is 440 g/mol. The SMILES string of the molecule is CC=S(Nc1noc2cc(Cn3ccc(CN)n3)cc(OC)c12)c1ccccc1OC. The van der Waals surface area contributed by atoms with E-state index >= 15 is 0 Å². The Morgan fingerprint density at radius 2 is 1.97 bits per heavy atom. The Labute approximate surface area is 183 Å². The fourth-order valence-corrected chi connectivity index (χ4v) is 4.77. The molecule has 0 aliphatic heterocycles. The van der Waals surface area contributed by atoms with Crippen LogP contribution in [0.1, 0.15) is 18.2 Å². The van der Waals surface area contributed by atoms with E-state index in [1.807, 2.05) is 60.3 Å². The van der Waals surface area contributed by atoms with E-state index in [1.54, 1.807) is 14.2 Å². The number of nitrogens with zero attached hydrogens (tertiary/aromatic N) is 3. The molecule has 2 aromatic carbocycles. The Hall–Kier alpha value is -3.30. The summed E-state index contributed by atoms with van der Waals surface area (Å²) in [5, 5.41) is 11.6. The summed E-state index contributed by atoms with van der Waals surface area (Å²) in [7, 11) is 2.87. The monoisotopic (exact) mass is 439 g/mol. The summed E-state index contributed by atoms with van der Waals surface area (Å²) in [6, 6.07) is 13.8. The van der Waals surface area contributed by atoms with Crippen molar-refractivity contribution in [3.63, 3.8) is 0 Å². The number of anilines is 1. The van der Waals surface area contributed by atoms with Crippen molar-refractivity contribution in [1.82, 2.24) is 14.9 Å². The van der Waals surface area contributed by atoms with Crippen LogP contribution < -0.4 is 19.9 Å². The largest absolute Gasteiger partial charge is 0.496 e. The molecule has 0 saturated heterocycles. The molecule has 31 heavy (non-hydrogen) atoms. The van der Waals surface area contributed by atoms with Gasteiger partial charge in [0.05, 0.1) is 31.4 Å². The van der Waals surface area contributed by atoms with Crippen molar-refractivity contribution in [2.45, 2.75) is 24.9 Å². The second-order valence-corrected chi connectivity index (χ2v) is 8.53. The van der Waals surface area contributed by atoms with E-state index in [0.29, 0.717) is 30.2 Å². The molecule has 0 radical (unpaired) electrons. The van der Waals surface area contributed by atoms with Crippen LogP contribution in [0.4, 0.5) is 5.82 Å². The van der Waals surface area contributed by atoms with Crippen LogP contribution in [0.3, 0.4) is 0 Å². The van der Waals surface area contributed by atoms with E-state index in [-0.39, 0.29) is 0 Å². The van der Waals surface area contributed by atoms with Gasteiger partial charge in [0, 0.05) is 12.7 Å². The summed E-state index contributed by atoms with van der Waals surface area (Å²) in [5.41, 5.74) is 8.13. The number of methoxy groups -OCH3 is 2. The number of para-hydroxylation sites is 1. The molecule has 0 aliphatic carbocycles. The number of hydrogen-bond donors (Lipinski definition) is 2. The predicted octanol–water partition coefficient (Wildman–Crippen LogP) is 4.03. The molecule has 0 amide bonds. The van der Waals surface area contributed by atoms with Crippen LogP contribution in [0.5, 0.6) is 11.5 Å². The fourth-order valence-electron chi connectivity index (χ4n) is 3.35. The minimum absolute atomic E-state index is 0.412. The molecule has 0 fully saturated rings. The minimum atomic E-state index is -0.441. The van der Waals surface area contributed by atoms with Gasteiger partial charge < -0.3 is 24.5 Å². The number of aromatic nitrogens is 3. The molecule has 4 aromatic rings. The highest BCUT2D eigenvalue weighted by Gasteiger charge is 2.17. The topological polar surface area (TPSA) is 100 Å². The number of nitrogens with two attached hydrogens (primary N) is 1. The summed E-state index contributed by atoms with van der Waals surface area (Å²) in [6.07, 6.45) is 1.91. The van der Waals surface area contributed by atoms with Gasteiger partial charge in [0.2, 0.25) is 0 Å². The molecule has 8 nitrogen and oxygen atoms in total. The van der Waals surface area contributed by atoms with Gasteiger partial charge in [-0.25, -0.2) is 0 Å². The molecule has 3 N–H and O–H groups in total. The number of fused-ring (bicyclic) bond motifs is 1. The first-order valence-electron chi connectivity index (χ1n) is 9.77. The number of hydrogen-bond acceptors (Lipinski definition) is 7. The van der Waals surface area contributed by atoms with Crippen LogP contribution in [0.2, 0.25) is 0 Å². The van der Waals surface area contributed by atoms with Gasteiger partial charge in [-0.15, -0.1) is 0 Å². The molecule has 1 unspecified atom stereocenters. The lowest BCUT2D eigenvalue weighted by molar-refractivity contribution is 0.405. The molecule has 9 heteroatoms. The van der Waals surface area contributed by atoms with Crippen molar-refractivity contribution in [1.29, 1.82) is 0 Å². The van der Waals surface area contributed by atoms with Gasteiger partial charge in [0.15, 0.2) is 11.4 Å². The predicted molar refractivity (Wildman–Crippen MR) is 124 cm³/mol. The molecule has 0 bridgehead atoms. The maximum Gasteiger partial charge on any atom is 0.190 e. The number of nitrogens with one attached hydrogen (secondary N) is 1. The van der Waals surface area contributed by atoms with Crippen molar-refractivity contribution < 1.29 is 14.0 Å². The van der Waals surface area contributed by atoms with Gasteiger partial charge in [-0.2, -0.15) is 5.10 Å². The molecule has 2 aromatic heterocycles. The zero-order valence-electron chi connectivity index (χ0n) is 17.7. The standard InChI is InChI=1S/C22H25N5O3S/c1-4-31(20-8-6-5-7-17(20)28-2)26-22-21-18(29-3)11-15(12-19(21)30-25-22)14-27-10-9-16(13-23)24-27/h4-12H,13-14,23H2,1-3H3,(H,25,26). The Morgan fingerprint density at radius 1 is 1.16 bits per heavy atom. The summed E-state index contributed by atoms with van der Waals surface area (Å²) in [6.45, 7) is 2.99. The molecular weight excluding hydrogens is 414 g/mol. The third-order valence-electron chi connectivity index (χ3n) is 4.82. The molecule has 0 aliphatic rings. The zero-order valence-corrected chi connectivity index (χ0v) is 18.5. The molecule has 2 heterocycles. The van der Waals surface area contributed by atoms with Crippen LogP contribution in [0.25, 0.3) is 11.0 Å². The molecular formula is C22H25N5O3S. The summed E-state index contributed by atoms with van der Waals surface area (Å²) in [5.74, 6) is 2.12. The van der Waals surface area contributed by atoms with E-state index in [9.17, 15) is 0 Å². The van der Waals surface area contributed by atoms with E-state index in [2.05, 4.69) is 20.3 Å². The second kappa shape index (κ2) is 9.23. The quantitative estimate of drug-likeness (QED) is 0.400. The molecule has 1 atom stereocenters. The average Bonchev–Trinajstić information content (AvgIpc) is 3.43. The summed E-state index contributed by atoms with van der Waals surface area (Å²) < 4.78 is 22.2. The number of ether oxygens (including phenoxy) is 2. The maximum absolute atomic E-state index is 5.68. The smallest absolute Gasteiger partial charge is 0.190 e. The van der Waals surface area contributed by atoms with Gasteiger partial charge in [-0.3, -0.25) is 4.68 Å². The highest BCUT2D eigenvalue weighted by Crippen LogP contribution is 2.39. The molecule has 162 valence electrons. The highest BCUT2D eigenvalue weighted by atomic mass is 32.2. The summed E-state index contributed by atoms with van der Waals surface area (Å²) in [4.78, 5) is 1.04. The van der Waals surface area contributed by atoms with Crippen molar-refractivity contribution in [3.05, 3.63) is 59.9 Å². The Morgan fingerprint density at radius 3 is 2.68 bits per heavy atom. The lowest BCUT2D eigenvalue weighted by atomic mass is 10.1. The Balaban J connectivity index is 1.68. The van der Waals surface area contributed by atoms with Crippen LogP contribution in [0, 0.1) is 0 Å². The Bertz CT molecular complexity index is 1230. The first kappa shape index (κ1) is 21.0. The van der Waals surface area contributed by atoms with Crippen molar-refractivity contribution >= 4 is 32.8 Å². The molecule has 0 saturated carbocycles. The van der Waals surface area contributed by atoms with Crippen molar-refractivity contribution in [3.8, 4) is 11.5 Å². The van der Waals surface area contributed by atoms with Crippen LogP contribution in [-0.2, 0) is 13.1 Å². The normalized spacial score (nSPS) is 12.3. The first-order chi connectivity index (χ1) is 15.2. The van der Waals surface area contributed by atoms with Crippen LogP contribution in [-0.4, -0.2) is 34.5 Å². The fraction of sp³-hybridized carbons (Fsp3) is 0.227. The number of rotatable bonds is 8. The van der Waals surface area contributed by atoms with E-state index in [4.69, 9.17) is 19.7 Å². The van der Waals surface area contributed by atoms with E-state index < -0.39 is 10.7 Å². The third kappa shape index (κ3) is 4.28. The highest BCUT2D eigenvalue weighted by molar-refractivity contribution is 8.16. The van der Waals surface area contributed by atoms with Gasteiger partial charge in [-0.1, -0.05) is 28.0 Å². The lowest BCUT2D eigenvalue weighted by Crippen LogP contribution is -2.03. The zero-order chi connectivity index (χ0) is 21.8. The van der Waals surface area contributed by atoms with Gasteiger partial charge in [-0.05, 0) is 48.2 Å². The van der Waals surface area contributed by atoms with E-state index in [1.165, 1.54) is 0 Å². The first-order valence-corrected chi connectivity index (χ1v) is 11.1. The second-order valence-electron chi connectivity index (χ2n) is 6.74. The Kier molecular flexibility index (Phi) is 6.24. The minimum Gasteiger partial charge on any atom is -0.496 e. The van der Waals surface area contributed by atoms with Crippen LogP contribution >= 0.6 is 10.7 Å². The van der Waals surface area contributed by atoms with Crippen LogP contribution in [0.15, 0.2) is 58.1 Å². The van der Waals surface area contributed by atoms with Gasteiger partial charge in [0.25, 0.3) is 0 Å². The van der Waals surface area contributed by atoms with Crippen molar-refractivity contribution in [2.24, 2.45) is 5.73 Å². The van der Waals surface area contributed by atoms with Gasteiger partial charge in [0.1, 0.15) is 16.9 Å². The maximum atomic E-state index is 5.68. The van der Waals surface area contributed by atoms with Crippen molar-refractivity contribution in [2.75, 3.05) is 18.9 Å². The molecule has 0 spiro atoms.